The van der Waals surface area contributed by atoms with Gasteiger partial charge in [-0.1, -0.05) is 6.07 Å². The highest BCUT2D eigenvalue weighted by Gasteiger charge is 2.53. The largest absolute Gasteiger partial charge is 0.465 e. The molecule has 0 aliphatic rings. The van der Waals surface area contributed by atoms with Crippen molar-refractivity contribution in [3.8, 4) is 0 Å². The van der Waals surface area contributed by atoms with E-state index in [0.717, 1.165) is 23.5 Å². The van der Waals surface area contributed by atoms with E-state index in [1.165, 1.54) is 40.0 Å². The topological polar surface area (TPSA) is 99.1 Å². The molecule has 0 aliphatic carbocycles. The zero-order chi connectivity index (χ0) is 21.3. The van der Waals surface area contributed by atoms with Crippen molar-refractivity contribution in [1.29, 1.82) is 0 Å². The van der Waals surface area contributed by atoms with E-state index < -0.39 is 43.0 Å². The van der Waals surface area contributed by atoms with Gasteiger partial charge in [-0.3, -0.25) is 13.9 Å². The van der Waals surface area contributed by atoms with Crippen LogP contribution in [0.5, 0.6) is 0 Å². The summed E-state index contributed by atoms with van der Waals surface area (Å²) in [5.74, 6) is -1.39. The number of esters is 2. The van der Waals surface area contributed by atoms with Crippen molar-refractivity contribution in [1.82, 2.24) is 0 Å². The first-order valence-corrected chi connectivity index (χ1v) is 10.3. The zero-order valence-corrected chi connectivity index (χ0v) is 17.2. The number of fused-ring (bicyclic) bond motifs is 1. The molecule has 0 radical (unpaired) electrons. The SMILES string of the molecule is COC(=O)c1cc2cc(C(F)(F)P(=O)(O)OCOC(=O)C(C)(C)C)ccc2s1. The second kappa shape index (κ2) is 7.87. The van der Waals surface area contributed by atoms with Crippen LogP contribution in [0.3, 0.4) is 0 Å². The lowest BCUT2D eigenvalue weighted by Gasteiger charge is -2.23. The van der Waals surface area contributed by atoms with Crippen LogP contribution >= 0.6 is 18.9 Å². The molecule has 0 fully saturated rings. The Labute approximate surface area is 163 Å². The first-order valence-electron chi connectivity index (χ1n) is 7.94. The second-order valence-electron chi connectivity index (χ2n) is 6.85. The summed E-state index contributed by atoms with van der Waals surface area (Å²) < 4.78 is 55.3. The molecule has 1 heterocycles. The summed E-state index contributed by atoms with van der Waals surface area (Å²) in [5, 5.41) is 0.279. The number of thiophene rings is 1. The van der Waals surface area contributed by atoms with Crippen LogP contribution in [0.2, 0.25) is 0 Å². The molecule has 0 bridgehead atoms. The maximum absolute atomic E-state index is 14.6. The van der Waals surface area contributed by atoms with Gasteiger partial charge in [-0.05, 0) is 44.4 Å². The van der Waals surface area contributed by atoms with Crippen LogP contribution in [0.25, 0.3) is 10.1 Å². The first kappa shape index (κ1) is 22.4. The highest BCUT2D eigenvalue weighted by molar-refractivity contribution is 7.53. The minimum Gasteiger partial charge on any atom is -0.465 e. The fraction of sp³-hybridized carbons (Fsp3) is 0.412. The molecule has 0 saturated carbocycles. The number of carbonyl (C=O) groups is 2. The van der Waals surface area contributed by atoms with Gasteiger partial charge in [0.15, 0.2) is 0 Å². The Balaban J connectivity index is 2.22. The van der Waals surface area contributed by atoms with Crippen LogP contribution in [-0.4, -0.2) is 30.7 Å². The number of ether oxygens (including phenoxy) is 2. The highest BCUT2D eigenvalue weighted by atomic mass is 32.1. The summed E-state index contributed by atoms with van der Waals surface area (Å²) in [6, 6.07) is 4.61. The minimum atomic E-state index is -5.52. The first-order chi connectivity index (χ1) is 12.8. The van der Waals surface area contributed by atoms with E-state index in [4.69, 9.17) is 0 Å². The number of benzene rings is 1. The molecule has 0 spiro atoms. The minimum absolute atomic E-state index is 0.204. The summed E-state index contributed by atoms with van der Waals surface area (Å²) in [5.41, 5.74) is -5.96. The molecule has 154 valence electrons. The molecule has 2 rings (SSSR count). The van der Waals surface area contributed by atoms with Crippen molar-refractivity contribution >= 4 is 41.0 Å². The molecule has 0 aliphatic heterocycles. The van der Waals surface area contributed by atoms with Crippen molar-refractivity contribution in [3.05, 3.63) is 34.7 Å². The molecule has 0 saturated heterocycles. The maximum Gasteiger partial charge on any atom is 0.404 e. The molecule has 11 heteroatoms. The molecule has 1 aromatic heterocycles. The standard InChI is InChI=1S/C17H19F2O7PS/c1-16(2,3)15(21)25-9-26-27(22,23)17(18,19)11-5-6-12-10(7-11)8-13(28-12)14(20)24-4/h5-8H,9H2,1-4H3,(H,22,23). The van der Waals surface area contributed by atoms with Crippen LogP contribution in [0.4, 0.5) is 8.78 Å². The number of alkyl halides is 2. The van der Waals surface area contributed by atoms with Crippen molar-refractivity contribution in [2.45, 2.75) is 26.4 Å². The molecule has 1 N–H and O–H groups in total. The van der Waals surface area contributed by atoms with Gasteiger partial charge >= 0.3 is 25.2 Å². The van der Waals surface area contributed by atoms with E-state index in [9.17, 15) is 27.8 Å². The van der Waals surface area contributed by atoms with Crippen LogP contribution in [-0.2, 0) is 29.0 Å². The Kier molecular flexibility index (Phi) is 6.30. The van der Waals surface area contributed by atoms with E-state index in [1.54, 1.807) is 0 Å². The molecule has 1 unspecified atom stereocenters. The smallest absolute Gasteiger partial charge is 0.404 e. The monoisotopic (exact) mass is 436 g/mol. The number of methoxy groups -OCH3 is 1. The molecule has 2 aromatic rings. The normalized spacial score (nSPS) is 14.5. The lowest BCUT2D eigenvalue weighted by atomic mass is 9.98. The quantitative estimate of drug-likeness (QED) is 0.405. The summed E-state index contributed by atoms with van der Waals surface area (Å²) in [6.45, 7) is 3.50. The maximum atomic E-state index is 14.6. The molecular formula is C17H19F2O7PS. The van der Waals surface area contributed by atoms with Crippen LogP contribution in [0, 0.1) is 5.41 Å². The Morgan fingerprint density at radius 2 is 1.86 bits per heavy atom. The zero-order valence-electron chi connectivity index (χ0n) is 15.5. The summed E-state index contributed by atoms with van der Waals surface area (Å²) in [6.07, 6.45) is 0. The molecular weight excluding hydrogens is 417 g/mol. The summed E-state index contributed by atoms with van der Waals surface area (Å²) in [7, 11) is -4.33. The van der Waals surface area contributed by atoms with Gasteiger partial charge < -0.3 is 14.4 Å². The Hall–Kier alpha value is -1.87. The van der Waals surface area contributed by atoms with Gasteiger partial charge in [-0.25, -0.2) is 4.79 Å². The lowest BCUT2D eigenvalue weighted by molar-refractivity contribution is -0.160. The van der Waals surface area contributed by atoms with E-state index in [1.807, 2.05) is 0 Å². The predicted octanol–water partition coefficient (Wildman–Crippen LogP) is 4.49. The van der Waals surface area contributed by atoms with Crippen molar-refractivity contribution in [3.63, 3.8) is 0 Å². The fourth-order valence-electron chi connectivity index (χ4n) is 2.04. The summed E-state index contributed by atoms with van der Waals surface area (Å²) in [4.78, 5) is 33.1. The van der Waals surface area contributed by atoms with Crippen LogP contribution in [0.15, 0.2) is 24.3 Å². The van der Waals surface area contributed by atoms with Gasteiger partial charge in [0.05, 0.1) is 12.5 Å². The molecule has 28 heavy (non-hydrogen) atoms. The van der Waals surface area contributed by atoms with Crippen molar-refractivity contribution in [2.75, 3.05) is 13.9 Å². The third-order valence-electron chi connectivity index (χ3n) is 3.64. The van der Waals surface area contributed by atoms with Gasteiger partial charge in [0.2, 0.25) is 6.79 Å². The van der Waals surface area contributed by atoms with E-state index in [0.29, 0.717) is 4.70 Å². The molecule has 7 nitrogen and oxygen atoms in total. The van der Waals surface area contributed by atoms with Gasteiger partial charge in [0.25, 0.3) is 0 Å². The van der Waals surface area contributed by atoms with Gasteiger partial charge in [-0.15, -0.1) is 11.3 Å². The second-order valence-corrected chi connectivity index (χ2v) is 9.79. The molecule has 1 atom stereocenters. The van der Waals surface area contributed by atoms with Gasteiger partial charge in [0, 0.05) is 10.3 Å². The van der Waals surface area contributed by atoms with E-state index >= 15 is 0 Å². The third-order valence-corrected chi connectivity index (χ3v) is 6.15. The molecule has 0 amide bonds. The van der Waals surface area contributed by atoms with E-state index in [2.05, 4.69) is 14.0 Å². The average Bonchev–Trinajstić information content (AvgIpc) is 3.02. The summed E-state index contributed by atoms with van der Waals surface area (Å²) >= 11 is 1.04. The Bertz CT molecular complexity index is 949. The van der Waals surface area contributed by atoms with Crippen LogP contribution in [0.1, 0.15) is 36.0 Å². The molecule has 1 aromatic carbocycles. The number of halogens is 2. The Morgan fingerprint density at radius 1 is 1.21 bits per heavy atom. The fourth-order valence-corrected chi connectivity index (χ4v) is 3.83. The van der Waals surface area contributed by atoms with Gasteiger partial charge in [-0.2, -0.15) is 8.78 Å². The number of hydrogen-bond acceptors (Lipinski definition) is 7. The van der Waals surface area contributed by atoms with Crippen molar-refractivity contribution < 1.29 is 41.8 Å². The van der Waals surface area contributed by atoms with Gasteiger partial charge in [0.1, 0.15) is 4.88 Å². The highest BCUT2D eigenvalue weighted by Crippen LogP contribution is 2.63. The number of hydrogen-bond donors (Lipinski definition) is 1. The number of carbonyl (C=O) groups excluding carboxylic acids is 2. The van der Waals surface area contributed by atoms with Crippen LogP contribution < -0.4 is 0 Å². The Morgan fingerprint density at radius 3 is 2.43 bits per heavy atom. The lowest BCUT2D eigenvalue weighted by Crippen LogP contribution is -2.24. The van der Waals surface area contributed by atoms with E-state index in [-0.39, 0.29) is 10.3 Å². The average molecular weight is 436 g/mol. The third kappa shape index (κ3) is 4.57. The number of rotatable bonds is 6. The predicted molar refractivity (Wildman–Crippen MR) is 98.4 cm³/mol. The van der Waals surface area contributed by atoms with Crippen molar-refractivity contribution in [2.24, 2.45) is 5.41 Å².